The highest BCUT2D eigenvalue weighted by Gasteiger charge is 2.51. The van der Waals surface area contributed by atoms with Crippen LogP contribution < -0.4 is 0 Å². The molecule has 6 heteroatoms. The maximum Gasteiger partial charge on any atom is 0.413 e. The molecule has 0 bridgehead atoms. The van der Waals surface area contributed by atoms with E-state index in [2.05, 4.69) is 4.98 Å². The average Bonchev–Trinajstić information content (AvgIpc) is 2.92. The molecule has 1 amide bonds. The van der Waals surface area contributed by atoms with Crippen LogP contribution in [0.1, 0.15) is 46.3 Å². The molecular weight excluding hydrogens is 359 g/mol. The van der Waals surface area contributed by atoms with Crippen LogP contribution in [-0.2, 0) is 9.47 Å². The van der Waals surface area contributed by atoms with Crippen molar-refractivity contribution in [2.75, 3.05) is 6.67 Å². The van der Waals surface area contributed by atoms with Gasteiger partial charge in [0.25, 0.3) is 0 Å². The van der Waals surface area contributed by atoms with Crippen molar-refractivity contribution < 1.29 is 18.7 Å². The lowest BCUT2D eigenvalue weighted by atomic mass is 9.99. The van der Waals surface area contributed by atoms with E-state index >= 15 is 0 Å². The van der Waals surface area contributed by atoms with Gasteiger partial charge in [0.05, 0.1) is 6.04 Å². The number of hydrogen-bond acceptors (Lipinski definition) is 4. The third kappa shape index (κ3) is 4.17. The summed E-state index contributed by atoms with van der Waals surface area (Å²) in [6.45, 7) is 8.14. The lowest BCUT2D eigenvalue weighted by Gasteiger charge is -2.34. The van der Waals surface area contributed by atoms with Crippen LogP contribution in [0.5, 0.6) is 0 Å². The topological polar surface area (TPSA) is 51.7 Å². The van der Waals surface area contributed by atoms with Crippen LogP contribution in [0.25, 0.3) is 11.1 Å². The Bertz CT molecular complexity index is 816. The fraction of sp³-hybridized carbons (Fsp3) is 0.455. The van der Waals surface area contributed by atoms with Crippen molar-refractivity contribution in [1.29, 1.82) is 0 Å². The monoisotopic (exact) mass is 386 g/mol. The molecule has 0 N–H and O–H groups in total. The Balaban J connectivity index is 1.87. The number of ether oxygens (including phenoxy) is 2. The first-order valence-electron chi connectivity index (χ1n) is 9.39. The Morgan fingerprint density at radius 3 is 2.43 bits per heavy atom. The first-order valence-corrected chi connectivity index (χ1v) is 9.39. The van der Waals surface area contributed by atoms with Crippen LogP contribution in [-0.4, -0.2) is 40.0 Å². The van der Waals surface area contributed by atoms with E-state index in [4.69, 9.17) is 9.47 Å². The number of carbonyl (C=O) groups excluding carboxylic acids is 1. The summed E-state index contributed by atoms with van der Waals surface area (Å²) >= 11 is 0. The number of benzene rings is 1. The lowest BCUT2D eigenvalue weighted by molar-refractivity contribution is -0.0797. The van der Waals surface area contributed by atoms with E-state index in [0.717, 1.165) is 16.7 Å². The maximum atomic E-state index is 14.0. The van der Waals surface area contributed by atoms with Gasteiger partial charge in [0.15, 0.2) is 0 Å². The number of hydrogen-bond donors (Lipinski definition) is 0. The molecule has 1 saturated heterocycles. The Hall–Kier alpha value is -2.47. The third-order valence-corrected chi connectivity index (χ3v) is 4.66. The van der Waals surface area contributed by atoms with Gasteiger partial charge in [0, 0.05) is 12.4 Å². The smallest absolute Gasteiger partial charge is 0.413 e. The predicted octanol–water partition coefficient (Wildman–Crippen LogP) is 5.13. The normalized spacial score (nSPS) is 21.6. The van der Waals surface area contributed by atoms with Crippen molar-refractivity contribution >= 4 is 6.09 Å². The summed E-state index contributed by atoms with van der Waals surface area (Å²) in [7, 11) is 0. The lowest BCUT2D eigenvalue weighted by Crippen LogP contribution is -2.50. The van der Waals surface area contributed by atoms with E-state index in [1.54, 1.807) is 47.0 Å². The molecule has 2 atom stereocenters. The Labute approximate surface area is 165 Å². The summed E-state index contributed by atoms with van der Waals surface area (Å²) in [6, 6.07) is 10.8. The van der Waals surface area contributed by atoms with Crippen LogP contribution in [0.2, 0.25) is 0 Å². The van der Waals surface area contributed by atoms with Crippen LogP contribution >= 0.6 is 0 Å². The number of nitrogens with zero attached hydrogens (tertiary/aromatic N) is 2. The largest absolute Gasteiger partial charge is 0.444 e. The zero-order valence-corrected chi connectivity index (χ0v) is 17.0. The van der Waals surface area contributed by atoms with Crippen molar-refractivity contribution in [2.45, 2.75) is 58.1 Å². The summed E-state index contributed by atoms with van der Waals surface area (Å²) in [5.41, 5.74) is 1.17. The minimum absolute atomic E-state index is 0.574. The molecule has 0 unspecified atom stereocenters. The number of pyridine rings is 1. The number of rotatable bonds is 3. The highest BCUT2D eigenvalue weighted by Crippen LogP contribution is 2.42. The van der Waals surface area contributed by atoms with Gasteiger partial charge in [-0.25, -0.2) is 9.18 Å². The predicted molar refractivity (Wildman–Crippen MR) is 105 cm³/mol. The van der Waals surface area contributed by atoms with E-state index in [1.165, 1.54) is 4.90 Å². The molecule has 2 aromatic rings. The second-order valence-corrected chi connectivity index (χ2v) is 8.42. The van der Waals surface area contributed by atoms with Gasteiger partial charge >= 0.3 is 6.09 Å². The summed E-state index contributed by atoms with van der Waals surface area (Å²) in [4.78, 5) is 18.2. The fourth-order valence-electron chi connectivity index (χ4n) is 3.49. The molecule has 0 aliphatic carbocycles. The van der Waals surface area contributed by atoms with Gasteiger partial charge in [-0.05, 0) is 57.4 Å². The SMILES string of the molecule is CC(C)(C)OC(=O)N1[C@H](CF)[C@@H](c2ccc(-c3cccnc3)cc2)OC1(C)C. The second-order valence-electron chi connectivity index (χ2n) is 8.42. The van der Waals surface area contributed by atoms with Gasteiger partial charge in [0.2, 0.25) is 0 Å². The van der Waals surface area contributed by atoms with E-state index in [9.17, 15) is 9.18 Å². The number of amides is 1. The first-order chi connectivity index (χ1) is 13.1. The van der Waals surface area contributed by atoms with E-state index in [1.807, 2.05) is 36.4 Å². The Kier molecular flexibility index (Phi) is 5.44. The zero-order chi connectivity index (χ0) is 20.5. The van der Waals surface area contributed by atoms with Crippen LogP contribution in [0.3, 0.4) is 0 Å². The van der Waals surface area contributed by atoms with Gasteiger partial charge in [-0.15, -0.1) is 0 Å². The molecule has 1 aromatic carbocycles. The van der Waals surface area contributed by atoms with Gasteiger partial charge in [-0.2, -0.15) is 0 Å². The van der Waals surface area contributed by atoms with E-state index in [0.29, 0.717) is 0 Å². The first kappa shape index (κ1) is 20.3. The molecule has 3 rings (SSSR count). The van der Waals surface area contributed by atoms with Gasteiger partial charge in [-0.3, -0.25) is 9.88 Å². The van der Waals surface area contributed by atoms with Gasteiger partial charge in [-0.1, -0.05) is 30.3 Å². The van der Waals surface area contributed by atoms with Crippen molar-refractivity contribution in [3.63, 3.8) is 0 Å². The number of carbonyl (C=O) groups is 1. The molecule has 5 nitrogen and oxygen atoms in total. The molecule has 1 aliphatic heterocycles. The Morgan fingerprint density at radius 2 is 1.89 bits per heavy atom. The second kappa shape index (κ2) is 7.51. The molecule has 1 aliphatic rings. The highest BCUT2D eigenvalue weighted by atomic mass is 19.1. The van der Waals surface area contributed by atoms with E-state index < -0.39 is 36.2 Å². The van der Waals surface area contributed by atoms with Gasteiger partial charge < -0.3 is 9.47 Å². The molecule has 150 valence electrons. The molecule has 1 fully saturated rings. The summed E-state index contributed by atoms with van der Waals surface area (Å²) in [5.74, 6) is 0. The Morgan fingerprint density at radius 1 is 1.21 bits per heavy atom. The van der Waals surface area contributed by atoms with Crippen molar-refractivity contribution in [3.8, 4) is 11.1 Å². The minimum atomic E-state index is -0.980. The molecule has 2 heterocycles. The molecule has 0 radical (unpaired) electrons. The quantitative estimate of drug-likeness (QED) is 0.734. The van der Waals surface area contributed by atoms with Crippen LogP contribution in [0.15, 0.2) is 48.8 Å². The molecule has 0 saturated carbocycles. The van der Waals surface area contributed by atoms with Crippen LogP contribution in [0, 0.1) is 0 Å². The standard InChI is InChI=1S/C22H27FN2O3/c1-21(2,3)28-20(26)25-18(13-23)19(27-22(25,4)5)16-10-8-15(9-11-16)17-7-6-12-24-14-17/h6-12,14,18-19H,13H2,1-5H3/t18-,19-/m1/s1. The summed E-state index contributed by atoms with van der Waals surface area (Å²) < 4.78 is 25.6. The minimum Gasteiger partial charge on any atom is -0.444 e. The fourth-order valence-corrected chi connectivity index (χ4v) is 3.49. The van der Waals surface area contributed by atoms with Crippen molar-refractivity contribution in [3.05, 3.63) is 54.4 Å². The summed E-state index contributed by atoms with van der Waals surface area (Å²) in [5, 5.41) is 0. The van der Waals surface area contributed by atoms with Crippen molar-refractivity contribution in [1.82, 2.24) is 9.88 Å². The van der Waals surface area contributed by atoms with Crippen LogP contribution in [0.4, 0.5) is 9.18 Å². The third-order valence-electron chi connectivity index (χ3n) is 4.66. The molecule has 28 heavy (non-hydrogen) atoms. The summed E-state index contributed by atoms with van der Waals surface area (Å²) in [6.07, 6.45) is 2.37. The van der Waals surface area contributed by atoms with Crippen molar-refractivity contribution in [2.24, 2.45) is 0 Å². The molecule has 0 spiro atoms. The van der Waals surface area contributed by atoms with Gasteiger partial charge in [0.1, 0.15) is 24.1 Å². The number of aromatic nitrogens is 1. The zero-order valence-electron chi connectivity index (χ0n) is 17.0. The van der Waals surface area contributed by atoms with E-state index in [-0.39, 0.29) is 0 Å². The number of halogens is 1. The average molecular weight is 386 g/mol. The number of alkyl halides is 1. The molecular formula is C22H27FN2O3. The maximum absolute atomic E-state index is 14.0. The highest BCUT2D eigenvalue weighted by molar-refractivity contribution is 5.70. The molecule has 1 aromatic heterocycles.